The maximum absolute atomic E-state index is 15.1. The zero-order valence-electron chi connectivity index (χ0n) is 20.4. The molecule has 0 spiro atoms. The van der Waals surface area contributed by atoms with Crippen molar-refractivity contribution in [2.45, 2.75) is 26.4 Å². The molecule has 8 nitrogen and oxygen atoms in total. The Morgan fingerprint density at radius 2 is 1.97 bits per heavy atom. The van der Waals surface area contributed by atoms with Crippen molar-refractivity contribution in [1.82, 2.24) is 30.0 Å². The van der Waals surface area contributed by atoms with Crippen LogP contribution in [0.25, 0.3) is 33.7 Å². The number of hydrogen-bond donors (Lipinski definition) is 2. The van der Waals surface area contributed by atoms with E-state index < -0.39 is 17.5 Å². The van der Waals surface area contributed by atoms with Crippen LogP contribution < -0.4 is 10.1 Å². The molecule has 5 rings (SSSR count). The van der Waals surface area contributed by atoms with Crippen molar-refractivity contribution in [2.75, 3.05) is 7.11 Å². The van der Waals surface area contributed by atoms with Gasteiger partial charge >= 0.3 is 0 Å². The Morgan fingerprint density at radius 3 is 2.70 bits per heavy atom. The zero-order valence-corrected chi connectivity index (χ0v) is 20.4. The molecule has 2 N–H and O–H groups in total. The lowest BCUT2D eigenvalue weighted by Gasteiger charge is -2.11. The number of nitrogens with zero attached hydrogens (tertiary/aromatic N) is 4. The van der Waals surface area contributed by atoms with Gasteiger partial charge in [0, 0.05) is 36.1 Å². The summed E-state index contributed by atoms with van der Waals surface area (Å²) >= 11 is 0. The number of pyridine rings is 1. The van der Waals surface area contributed by atoms with Crippen molar-refractivity contribution in [3.05, 3.63) is 83.8 Å². The highest BCUT2D eigenvalue weighted by Gasteiger charge is 2.16. The highest BCUT2D eigenvalue weighted by atomic mass is 19.1. The van der Waals surface area contributed by atoms with Crippen molar-refractivity contribution in [3.8, 4) is 28.3 Å². The van der Waals surface area contributed by atoms with Crippen LogP contribution in [-0.4, -0.2) is 37.7 Å². The normalized spacial score (nSPS) is 11.3. The van der Waals surface area contributed by atoms with Crippen LogP contribution in [0.15, 0.2) is 61.1 Å². The van der Waals surface area contributed by atoms with Gasteiger partial charge in [-0.15, -0.1) is 0 Å². The summed E-state index contributed by atoms with van der Waals surface area (Å²) in [5, 5.41) is 6.98. The van der Waals surface area contributed by atoms with Crippen molar-refractivity contribution < 1.29 is 18.3 Å². The number of aromatic amines is 1. The van der Waals surface area contributed by atoms with E-state index in [2.05, 4.69) is 25.4 Å². The van der Waals surface area contributed by atoms with Crippen LogP contribution in [0.1, 0.15) is 35.8 Å². The fourth-order valence-corrected chi connectivity index (χ4v) is 4.02. The van der Waals surface area contributed by atoms with Crippen LogP contribution in [0.3, 0.4) is 0 Å². The van der Waals surface area contributed by atoms with E-state index in [1.165, 1.54) is 25.3 Å². The van der Waals surface area contributed by atoms with Gasteiger partial charge in [0.1, 0.15) is 23.2 Å². The lowest BCUT2D eigenvalue weighted by Crippen LogP contribution is -2.24. The van der Waals surface area contributed by atoms with Crippen molar-refractivity contribution in [2.24, 2.45) is 0 Å². The highest BCUT2D eigenvalue weighted by molar-refractivity contribution is 5.97. The molecule has 0 aliphatic rings. The van der Waals surface area contributed by atoms with Crippen LogP contribution in [0.4, 0.5) is 8.78 Å². The average Bonchev–Trinajstić information content (AvgIpc) is 3.55. The number of hydrogen-bond acceptors (Lipinski definition) is 5. The fourth-order valence-electron chi connectivity index (χ4n) is 4.02. The molecule has 0 aliphatic carbocycles. The number of fused-ring (bicyclic) bond motifs is 1. The summed E-state index contributed by atoms with van der Waals surface area (Å²) in [6, 6.07) is 10.4. The number of amides is 1. The number of rotatable bonds is 7. The molecule has 10 heteroatoms. The highest BCUT2D eigenvalue weighted by Crippen LogP contribution is 2.30. The number of carbonyl (C=O) groups is 1. The minimum absolute atomic E-state index is 0.0349. The van der Waals surface area contributed by atoms with E-state index >= 15 is 4.39 Å². The number of halogens is 2. The number of aromatic nitrogens is 5. The smallest absolute Gasteiger partial charge is 0.255 e. The molecule has 5 aromatic rings. The summed E-state index contributed by atoms with van der Waals surface area (Å²) < 4.78 is 35.6. The molecule has 3 aromatic heterocycles. The van der Waals surface area contributed by atoms with Gasteiger partial charge in [-0.3, -0.25) is 9.48 Å². The Morgan fingerprint density at radius 1 is 1.14 bits per heavy atom. The number of nitrogens with one attached hydrogen (secondary N) is 2. The third kappa shape index (κ3) is 4.77. The van der Waals surface area contributed by atoms with Crippen LogP contribution in [0, 0.1) is 11.6 Å². The molecule has 188 valence electrons. The number of imidazole rings is 1. The second kappa shape index (κ2) is 9.81. The van der Waals surface area contributed by atoms with Crippen LogP contribution in [0.2, 0.25) is 0 Å². The van der Waals surface area contributed by atoms with Gasteiger partial charge in [0.15, 0.2) is 5.65 Å². The van der Waals surface area contributed by atoms with E-state index in [1.54, 1.807) is 30.6 Å². The van der Waals surface area contributed by atoms with Crippen molar-refractivity contribution >= 4 is 17.1 Å². The summed E-state index contributed by atoms with van der Waals surface area (Å²) in [6.45, 7) is 4.00. The Labute approximate surface area is 211 Å². The molecule has 0 saturated carbocycles. The minimum Gasteiger partial charge on any atom is -0.496 e. The maximum atomic E-state index is 15.1. The molecule has 0 atom stereocenters. The fraction of sp³-hybridized carbons (Fsp3) is 0.185. The molecule has 0 aliphatic heterocycles. The lowest BCUT2D eigenvalue weighted by molar-refractivity contribution is 0.0947. The van der Waals surface area contributed by atoms with E-state index in [4.69, 9.17) is 4.74 Å². The number of ether oxygens (including phenoxy) is 1. The molecule has 0 unspecified atom stereocenters. The summed E-state index contributed by atoms with van der Waals surface area (Å²) in [5.41, 5.74) is 3.68. The molecule has 3 heterocycles. The second-order valence-electron chi connectivity index (χ2n) is 8.78. The topological polar surface area (TPSA) is 97.7 Å². The van der Waals surface area contributed by atoms with E-state index in [0.29, 0.717) is 22.6 Å². The van der Waals surface area contributed by atoms with Gasteiger partial charge in [-0.05, 0) is 49.7 Å². The van der Waals surface area contributed by atoms with Crippen molar-refractivity contribution in [3.63, 3.8) is 0 Å². The molecular formula is C27H24F2N6O2. The SMILES string of the molecule is COc1ccc(F)cc1C(=O)NCc1ccc(-c2ccnc3nc(-c4cnn(C(C)C)c4)[nH]c23)cc1F. The first-order valence-electron chi connectivity index (χ1n) is 11.6. The third-order valence-corrected chi connectivity index (χ3v) is 6.01. The number of benzene rings is 2. The summed E-state index contributed by atoms with van der Waals surface area (Å²) in [7, 11) is 1.39. The van der Waals surface area contributed by atoms with Gasteiger partial charge in [-0.2, -0.15) is 5.10 Å². The molecule has 37 heavy (non-hydrogen) atoms. The van der Waals surface area contributed by atoms with E-state index in [9.17, 15) is 9.18 Å². The van der Waals surface area contributed by atoms with Gasteiger partial charge in [0.05, 0.1) is 30.0 Å². The molecule has 0 fully saturated rings. The number of methoxy groups -OCH3 is 1. The molecule has 0 bridgehead atoms. The van der Waals surface area contributed by atoms with Gasteiger partial charge in [-0.25, -0.2) is 18.7 Å². The average molecular weight is 503 g/mol. The van der Waals surface area contributed by atoms with E-state index in [1.807, 2.05) is 24.7 Å². The predicted molar refractivity (Wildman–Crippen MR) is 135 cm³/mol. The predicted octanol–water partition coefficient (Wildman–Crippen LogP) is 5.29. The molecule has 0 radical (unpaired) electrons. The lowest BCUT2D eigenvalue weighted by atomic mass is 10.0. The quantitative estimate of drug-likeness (QED) is 0.315. The number of carbonyl (C=O) groups excluding carboxylic acids is 1. The van der Waals surface area contributed by atoms with Gasteiger partial charge in [0.2, 0.25) is 0 Å². The first kappa shape index (κ1) is 24.1. The summed E-state index contributed by atoms with van der Waals surface area (Å²) in [4.78, 5) is 24.8. The Bertz CT molecular complexity index is 1610. The Kier molecular flexibility index (Phi) is 6.39. The standard InChI is InChI=1S/C27H24F2N6O2/c1-15(2)35-14-18(13-32-35)25-33-24-20(8-9-30-26(24)34-25)16-4-5-17(22(29)10-16)12-31-27(36)21-11-19(28)6-7-23(21)37-3/h4-11,13-15H,12H2,1-3H3,(H,31,36)(H,30,33,34). The zero-order chi connectivity index (χ0) is 26.1. The molecule has 1 amide bonds. The Balaban J connectivity index is 1.39. The van der Waals surface area contributed by atoms with Gasteiger partial charge in [-0.1, -0.05) is 12.1 Å². The summed E-state index contributed by atoms with van der Waals surface area (Å²) in [5.74, 6) is -0.782. The largest absolute Gasteiger partial charge is 0.496 e. The summed E-state index contributed by atoms with van der Waals surface area (Å²) in [6.07, 6.45) is 5.27. The van der Waals surface area contributed by atoms with Gasteiger partial charge < -0.3 is 15.0 Å². The van der Waals surface area contributed by atoms with E-state index in [0.717, 1.165) is 17.2 Å². The third-order valence-electron chi connectivity index (χ3n) is 6.01. The van der Waals surface area contributed by atoms with Gasteiger partial charge in [0.25, 0.3) is 5.91 Å². The monoisotopic (exact) mass is 502 g/mol. The first-order valence-corrected chi connectivity index (χ1v) is 11.6. The second-order valence-corrected chi connectivity index (χ2v) is 8.78. The van der Waals surface area contributed by atoms with Crippen LogP contribution in [0.5, 0.6) is 5.75 Å². The van der Waals surface area contributed by atoms with E-state index in [-0.39, 0.29) is 29.5 Å². The first-order chi connectivity index (χ1) is 17.8. The van der Waals surface area contributed by atoms with Crippen molar-refractivity contribution in [1.29, 1.82) is 0 Å². The molecular weight excluding hydrogens is 478 g/mol. The maximum Gasteiger partial charge on any atom is 0.255 e. The molecule has 0 saturated heterocycles. The minimum atomic E-state index is -0.569. The molecule has 2 aromatic carbocycles. The Hall–Kier alpha value is -4.60. The van der Waals surface area contributed by atoms with Crippen LogP contribution in [-0.2, 0) is 6.54 Å². The van der Waals surface area contributed by atoms with Crippen LogP contribution >= 0.6 is 0 Å². The number of H-pyrrole nitrogens is 1.